The van der Waals surface area contributed by atoms with Crippen LogP contribution in [-0.4, -0.2) is 138 Å². The number of carboxylic acid groups (broad SMARTS) is 1. The van der Waals surface area contributed by atoms with Gasteiger partial charge >= 0.3 is 18.2 Å². The molecule has 302 valence electrons. The second-order valence-electron chi connectivity index (χ2n) is 13.0. The molecule has 0 saturated heterocycles. The topological polar surface area (TPSA) is 169 Å². The zero-order valence-corrected chi connectivity index (χ0v) is 35.2. The van der Waals surface area contributed by atoms with Crippen LogP contribution >= 0.6 is 23.2 Å². The Bertz CT molecular complexity index is 1360. The predicted molar refractivity (Wildman–Crippen MR) is 210 cm³/mol. The summed E-state index contributed by atoms with van der Waals surface area (Å²) >= 11 is 9.53. The number of likely N-dealkylation sites (N-methyl/N-ethyl adjacent to an activating group) is 5. The number of rotatable bonds is 10. The molecule has 0 heterocycles. The number of nitrogens with zero attached hydrogens (tertiary/aromatic N) is 4. The highest BCUT2D eigenvalue weighted by Gasteiger charge is 2.38. The number of amides is 4. The quantitative estimate of drug-likeness (QED) is 0.267. The number of halogens is 2. The molecule has 0 aliphatic rings. The number of aliphatic hydroxyl groups is 1. The molecule has 0 fully saturated rings. The maximum absolute atomic E-state index is 12.1. The molecule has 0 spiro atoms. The van der Waals surface area contributed by atoms with E-state index in [9.17, 15) is 24.0 Å². The van der Waals surface area contributed by atoms with Gasteiger partial charge in [-0.3, -0.25) is 19.4 Å². The van der Waals surface area contributed by atoms with Crippen LogP contribution in [0.15, 0.2) is 60.7 Å². The number of carboxylic acids is 1. The zero-order valence-electron chi connectivity index (χ0n) is 33.7. The molecule has 14 nitrogen and oxygen atoms in total. The summed E-state index contributed by atoms with van der Waals surface area (Å²) in [6.07, 6.45) is -1.18. The predicted octanol–water partition coefficient (Wildman–Crippen LogP) is 5.34. The van der Waals surface area contributed by atoms with Gasteiger partial charge in [-0.2, -0.15) is 0 Å². The molecule has 0 radical (unpaired) electrons. The van der Waals surface area contributed by atoms with Gasteiger partial charge < -0.3 is 34.8 Å². The van der Waals surface area contributed by atoms with E-state index >= 15 is 0 Å². The highest BCUT2D eigenvalue weighted by molar-refractivity contribution is 6.40. The first-order chi connectivity index (χ1) is 24.4. The van der Waals surface area contributed by atoms with Gasteiger partial charge in [0.2, 0.25) is 11.8 Å². The Kier molecular flexibility index (Phi) is 26.7. The Hall–Kier alpha value is -4.11. The van der Waals surface area contributed by atoms with Crippen molar-refractivity contribution in [2.45, 2.75) is 71.4 Å². The van der Waals surface area contributed by atoms with Gasteiger partial charge in [-0.25, -0.2) is 14.4 Å². The minimum absolute atomic E-state index is 0.0926. The SMILES string of the molecule is CN(C(=O)OCc1ccccc1)C(C)(C)C(=O)O.CN(C)C(=O)C(C)(C)N(C)C(=O)OCc1ccccc1.CNC(C)(C)C(=O)N(C)C.CO.ClCCl. The van der Waals surface area contributed by atoms with Crippen LogP contribution in [0.1, 0.15) is 52.7 Å². The molecular weight excluding hydrogens is 729 g/mol. The van der Waals surface area contributed by atoms with E-state index in [1.165, 1.54) is 30.7 Å². The van der Waals surface area contributed by atoms with Crippen LogP contribution in [-0.2, 0) is 37.1 Å². The number of carbonyl (C=O) groups is 5. The second kappa shape index (κ2) is 26.6. The third-order valence-electron chi connectivity index (χ3n) is 7.65. The van der Waals surface area contributed by atoms with Crippen molar-refractivity contribution in [1.29, 1.82) is 0 Å². The van der Waals surface area contributed by atoms with Crippen molar-refractivity contribution >= 4 is 53.2 Å². The minimum Gasteiger partial charge on any atom is -0.480 e. The Morgan fingerprint density at radius 1 is 0.623 bits per heavy atom. The summed E-state index contributed by atoms with van der Waals surface area (Å²) in [6, 6.07) is 18.6. The molecule has 0 atom stereocenters. The van der Waals surface area contributed by atoms with Crippen LogP contribution in [0, 0.1) is 0 Å². The molecule has 53 heavy (non-hydrogen) atoms. The van der Waals surface area contributed by atoms with Crippen molar-refractivity contribution < 1.29 is 43.7 Å². The summed E-state index contributed by atoms with van der Waals surface area (Å²) in [5, 5.41) is 19.1. The van der Waals surface area contributed by atoms with E-state index in [0.29, 0.717) is 0 Å². The molecular formula is C37H61Cl2N5O9. The molecule has 0 saturated carbocycles. The summed E-state index contributed by atoms with van der Waals surface area (Å²) in [6.45, 7) is 10.3. The molecule has 0 unspecified atom stereocenters. The molecule has 0 bridgehead atoms. The monoisotopic (exact) mass is 789 g/mol. The Labute approximate surface area is 325 Å². The fourth-order valence-corrected chi connectivity index (χ4v) is 3.59. The molecule has 16 heteroatoms. The van der Waals surface area contributed by atoms with Gasteiger partial charge in [0.25, 0.3) is 0 Å². The van der Waals surface area contributed by atoms with Gasteiger partial charge in [-0.05, 0) is 59.7 Å². The Morgan fingerprint density at radius 2 is 0.925 bits per heavy atom. The van der Waals surface area contributed by atoms with Crippen LogP contribution in [0.3, 0.4) is 0 Å². The second-order valence-corrected chi connectivity index (χ2v) is 13.8. The molecule has 4 amide bonds. The van der Waals surface area contributed by atoms with Gasteiger partial charge in [-0.15, -0.1) is 23.2 Å². The highest BCUT2D eigenvalue weighted by atomic mass is 35.5. The van der Waals surface area contributed by atoms with Crippen LogP contribution in [0.25, 0.3) is 0 Å². The smallest absolute Gasteiger partial charge is 0.410 e. The van der Waals surface area contributed by atoms with Gasteiger partial charge in [0, 0.05) is 49.4 Å². The van der Waals surface area contributed by atoms with Gasteiger partial charge in [0.15, 0.2) is 0 Å². The standard InChI is InChI=1S/C15H22N2O3.C13H17NO4.C7H16N2O.CH2Cl2.CH4O/c1-15(2,13(18)16(3)4)17(5)14(19)20-11-12-9-7-6-8-10-12;1-13(2,11(15)16)14(3)12(17)18-9-10-7-5-4-6-8-10;1-7(2,8-3)6(10)9(4)5;2-1-3;1-2/h6-10H,11H2,1-5H3;4-8H,9H2,1-3H3,(H,15,16);8H,1-5H3;1H2;2H,1H3. The lowest BCUT2D eigenvalue weighted by atomic mass is 10.0. The van der Waals surface area contributed by atoms with Crippen molar-refractivity contribution in [3.8, 4) is 0 Å². The molecule has 2 aromatic rings. The average Bonchev–Trinajstić information content (AvgIpc) is 3.13. The first kappa shape index (κ1) is 53.2. The minimum atomic E-state index is -1.30. The summed E-state index contributed by atoms with van der Waals surface area (Å²) < 4.78 is 10.3. The van der Waals surface area contributed by atoms with Crippen molar-refractivity contribution in [2.24, 2.45) is 0 Å². The number of hydrogen-bond acceptors (Lipinski definition) is 9. The summed E-state index contributed by atoms with van der Waals surface area (Å²) in [5.74, 6) is -1.15. The maximum atomic E-state index is 12.1. The number of nitrogens with one attached hydrogen (secondary N) is 1. The van der Waals surface area contributed by atoms with E-state index in [2.05, 4.69) is 5.32 Å². The van der Waals surface area contributed by atoms with Crippen molar-refractivity contribution in [3.63, 3.8) is 0 Å². The van der Waals surface area contributed by atoms with E-state index in [1.807, 2.05) is 74.5 Å². The largest absolute Gasteiger partial charge is 0.480 e. The van der Waals surface area contributed by atoms with E-state index in [1.54, 1.807) is 61.0 Å². The molecule has 0 aliphatic heterocycles. The van der Waals surface area contributed by atoms with Crippen LogP contribution in [0.5, 0.6) is 0 Å². The lowest BCUT2D eigenvalue weighted by Crippen LogP contribution is -2.55. The van der Waals surface area contributed by atoms with E-state index in [4.69, 9.17) is 42.9 Å². The molecule has 2 rings (SSSR count). The number of hydrogen-bond donors (Lipinski definition) is 3. The van der Waals surface area contributed by atoms with Gasteiger partial charge in [-0.1, -0.05) is 60.7 Å². The number of aliphatic carboxylic acids is 1. The highest BCUT2D eigenvalue weighted by Crippen LogP contribution is 2.17. The van der Waals surface area contributed by atoms with Gasteiger partial charge in [0.1, 0.15) is 24.3 Å². The Morgan fingerprint density at radius 3 is 1.17 bits per heavy atom. The normalized spacial score (nSPS) is 10.4. The summed E-state index contributed by atoms with van der Waals surface area (Å²) in [7, 11) is 12.6. The lowest BCUT2D eigenvalue weighted by molar-refractivity contribution is -0.147. The fraction of sp³-hybridized carbons (Fsp3) is 0.541. The first-order valence-electron chi connectivity index (χ1n) is 16.3. The number of ether oxygens (including phenoxy) is 2. The van der Waals surface area contributed by atoms with E-state index < -0.39 is 34.8 Å². The van der Waals surface area contributed by atoms with E-state index in [-0.39, 0.29) is 30.4 Å². The van der Waals surface area contributed by atoms with Gasteiger partial charge in [0.05, 0.1) is 10.9 Å². The third kappa shape index (κ3) is 20.1. The van der Waals surface area contributed by atoms with Crippen molar-refractivity contribution in [2.75, 3.05) is 61.8 Å². The van der Waals surface area contributed by atoms with Crippen molar-refractivity contribution in [1.82, 2.24) is 24.9 Å². The molecule has 3 N–H and O–H groups in total. The number of benzene rings is 2. The van der Waals surface area contributed by atoms with Crippen LogP contribution in [0.2, 0.25) is 0 Å². The average molecular weight is 791 g/mol. The number of carbonyl (C=O) groups excluding carboxylic acids is 4. The maximum Gasteiger partial charge on any atom is 0.410 e. The third-order valence-corrected chi connectivity index (χ3v) is 7.65. The number of aliphatic hydroxyl groups excluding tert-OH is 1. The van der Waals surface area contributed by atoms with Crippen molar-refractivity contribution in [3.05, 3.63) is 71.8 Å². The zero-order chi connectivity index (χ0) is 42.2. The molecule has 0 aliphatic carbocycles. The fourth-order valence-electron chi connectivity index (χ4n) is 3.59. The summed E-state index contributed by atoms with van der Waals surface area (Å²) in [4.78, 5) is 63.5. The Balaban J connectivity index is -0.000000695. The molecule has 2 aromatic carbocycles. The number of alkyl halides is 2. The lowest BCUT2D eigenvalue weighted by Gasteiger charge is -2.35. The van der Waals surface area contributed by atoms with Crippen LogP contribution in [0.4, 0.5) is 9.59 Å². The summed E-state index contributed by atoms with van der Waals surface area (Å²) in [5.41, 5.74) is -0.924. The van der Waals surface area contributed by atoms with E-state index in [0.717, 1.165) is 23.1 Å². The van der Waals surface area contributed by atoms with Crippen LogP contribution < -0.4 is 5.32 Å². The molecule has 0 aromatic heterocycles. The first-order valence-corrected chi connectivity index (χ1v) is 17.3.